The lowest BCUT2D eigenvalue weighted by Crippen LogP contribution is -2.57. The number of carbonyl (C=O) groups is 1. The van der Waals surface area contributed by atoms with Crippen LogP contribution in [0.4, 0.5) is 5.69 Å². The van der Waals surface area contributed by atoms with Crippen LogP contribution in [0.5, 0.6) is 0 Å². The third-order valence-electron chi connectivity index (χ3n) is 7.65. The van der Waals surface area contributed by atoms with Crippen LogP contribution < -0.4 is 4.90 Å². The first kappa shape index (κ1) is 21.4. The Balaban J connectivity index is 1.16. The van der Waals surface area contributed by atoms with Gasteiger partial charge in [0.2, 0.25) is 0 Å². The molecule has 0 aliphatic carbocycles. The van der Waals surface area contributed by atoms with E-state index in [0.717, 1.165) is 82.7 Å². The highest BCUT2D eigenvalue weighted by molar-refractivity contribution is 5.95. The maximum Gasteiger partial charge on any atom is 0.255 e. The van der Waals surface area contributed by atoms with Gasteiger partial charge in [0.1, 0.15) is 0 Å². The first-order valence-electron chi connectivity index (χ1n) is 12.0. The summed E-state index contributed by atoms with van der Waals surface area (Å²) in [5.74, 6) is 0.106. The number of benzene rings is 1. The van der Waals surface area contributed by atoms with Crippen LogP contribution in [-0.4, -0.2) is 78.2 Å². The summed E-state index contributed by atoms with van der Waals surface area (Å²) in [5.41, 5.74) is 2.98. The minimum atomic E-state index is -0.0692. The minimum Gasteiger partial charge on any atom is -0.375 e. The normalized spacial score (nSPS) is 24.0. The van der Waals surface area contributed by atoms with E-state index in [-0.39, 0.29) is 11.5 Å². The number of rotatable bonds is 3. The maximum absolute atomic E-state index is 13.0. The van der Waals surface area contributed by atoms with E-state index in [0.29, 0.717) is 6.04 Å². The molecule has 3 saturated heterocycles. The Kier molecular flexibility index (Phi) is 6.15. The highest BCUT2D eigenvalue weighted by atomic mass is 16.5. The van der Waals surface area contributed by atoms with Gasteiger partial charge < -0.3 is 14.5 Å². The summed E-state index contributed by atoms with van der Waals surface area (Å²) in [7, 11) is 0. The zero-order chi connectivity index (χ0) is 22.0. The molecular weight excluding hydrogens is 400 g/mol. The minimum absolute atomic E-state index is 0.0692. The van der Waals surface area contributed by atoms with Gasteiger partial charge in [0.05, 0.1) is 11.2 Å². The summed E-state index contributed by atoms with van der Waals surface area (Å²) in [6.45, 7) is 8.73. The SMILES string of the molecule is Cc1ccncc1C(=O)N1CCC2(CC1)C[C@H](N1CCN(c3ccccc3)CC1)CCO2. The number of aromatic nitrogens is 1. The van der Waals surface area contributed by atoms with E-state index in [1.807, 2.05) is 17.9 Å². The molecule has 3 aliphatic rings. The van der Waals surface area contributed by atoms with E-state index >= 15 is 0 Å². The predicted octanol–water partition coefficient (Wildman–Crippen LogP) is 3.37. The van der Waals surface area contributed by atoms with Crippen molar-refractivity contribution < 1.29 is 9.53 Å². The molecule has 0 saturated carbocycles. The number of carbonyl (C=O) groups excluding carboxylic acids is 1. The van der Waals surface area contributed by atoms with Crippen molar-refractivity contribution in [3.63, 3.8) is 0 Å². The van der Waals surface area contributed by atoms with Crippen LogP contribution in [0, 0.1) is 6.92 Å². The monoisotopic (exact) mass is 434 g/mol. The van der Waals surface area contributed by atoms with E-state index in [2.05, 4.69) is 45.1 Å². The summed E-state index contributed by atoms with van der Waals surface area (Å²) in [4.78, 5) is 24.3. The molecule has 1 atom stereocenters. The van der Waals surface area contributed by atoms with Crippen LogP contribution >= 0.6 is 0 Å². The number of ether oxygens (including phenoxy) is 1. The summed E-state index contributed by atoms with van der Waals surface area (Å²) in [6.07, 6.45) is 7.51. The van der Waals surface area contributed by atoms with Crippen molar-refractivity contribution in [2.24, 2.45) is 0 Å². The number of piperazine rings is 1. The van der Waals surface area contributed by atoms with E-state index < -0.39 is 0 Å². The predicted molar refractivity (Wildman–Crippen MR) is 126 cm³/mol. The molecule has 6 nitrogen and oxygen atoms in total. The van der Waals surface area contributed by atoms with Gasteiger partial charge >= 0.3 is 0 Å². The zero-order valence-corrected chi connectivity index (χ0v) is 19.1. The smallest absolute Gasteiger partial charge is 0.255 e. The summed E-state index contributed by atoms with van der Waals surface area (Å²) in [5, 5.41) is 0. The van der Waals surface area contributed by atoms with Crippen LogP contribution in [0.3, 0.4) is 0 Å². The van der Waals surface area contributed by atoms with Gasteiger partial charge in [0.15, 0.2) is 0 Å². The number of aryl methyl sites for hydroxylation is 1. The molecule has 0 radical (unpaired) electrons. The van der Waals surface area contributed by atoms with Gasteiger partial charge in [-0.25, -0.2) is 0 Å². The van der Waals surface area contributed by atoms with Crippen molar-refractivity contribution >= 4 is 11.6 Å². The van der Waals surface area contributed by atoms with Crippen LogP contribution in [0.1, 0.15) is 41.6 Å². The number of hydrogen-bond donors (Lipinski definition) is 0. The van der Waals surface area contributed by atoms with Crippen LogP contribution in [0.15, 0.2) is 48.8 Å². The molecule has 6 heteroatoms. The molecule has 2 aromatic rings. The third kappa shape index (κ3) is 4.39. The average Bonchev–Trinajstić information content (AvgIpc) is 2.85. The molecule has 0 N–H and O–H groups in total. The van der Waals surface area contributed by atoms with E-state index in [1.54, 1.807) is 12.4 Å². The fourth-order valence-corrected chi connectivity index (χ4v) is 5.62. The molecule has 0 unspecified atom stereocenters. The Morgan fingerprint density at radius 2 is 1.78 bits per heavy atom. The second-order valence-corrected chi connectivity index (χ2v) is 9.52. The van der Waals surface area contributed by atoms with Crippen LogP contribution in [0.25, 0.3) is 0 Å². The molecule has 0 bridgehead atoms. The molecular formula is C26H34N4O2. The van der Waals surface area contributed by atoms with Gasteiger partial charge in [0, 0.05) is 70.0 Å². The third-order valence-corrected chi connectivity index (χ3v) is 7.65. The van der Waals surface area contributed by atoms with Crippen molar-refractivity contribution in [3.8, 4) is 0 Å². The summed E-state index contributed by atoms with van der Waals surface area (Å²) < 4.78 is 6.39. The van der Waals surface area contributed by atoms with Gasteiger partial charge in [0.25, 0.3) is 5.91 Å². The highest BCUT2D eigenvalue weighted by Crippen LogP contribution is 2.37. The average molecular weight is 435 g/mol. The fourth-order valence-electron chi connectivity index (χ4n) is 5.62. The zero-order valence-electron chi connectivity index (χ0n) is 19.1. The van der Waals surface area contributed by atoms with Crippen molar-refractivity contribution in [1.29, 1.82) is 0 Å². The number of amides is 1. The van der Waals surface area contributed by atoms with Gasteiger partial charge in [-0.15, -0.1) is 0 Å². The first-order chi connectivity index (χ1) is 15.6. The Bertz CT molecular complexity index is 918. The molecule has 1 spiro atoms. The Morgan fingerprint density at radius 1 is 1.03 bits per heavy atom. The molecule has 3 fully saturated rings. The van der Waals surface area contributed by atoms with Gasteiger partial charge in [-0.1, -0.05) is 18.2 Å². The second-order valence-electron chi connectivity index (χ2n) is 9.52. The van der Waals surface area contributed by atoms with Gasteiger partial charge in [-0.2, -0.15) is 0 Å². The molecule has 5 rings (SSSR count). The molecule has 3 aliphatic heterocycles. The molecule has 170 valence electrons. The standard InChI is InChI=1S/C26H34N4O2/c1-21-7-11-27-20-24(21)25(31)30-12-9-26(10-13-30)19-23(8-18-32-26)29-16-14-28(15-17-29)22-5-3-2-4-6-22/h2-7,11,20,23H,8-10,12-19H2,1H3/t23-/m1/s1. The Hall–Kier alpha value is -2.44. The number of nitrogens with zero attached hydrogens (tertiary/aromatic N) is 4. The lowest BCUT2D eigenvalue weighted by atomic mass is 9.81. The number of likely N-dealkylation sites (tertiary alicyclic amines) is 1. The highest BCUT2D eigenvalue weighted by Gasteiger charge is 2.43. The van der Waals surface area contributed by atoms with Crippen molar-refractivity contribution in [1.82, 2.24) is 14.8 Å². The van der Waals surface area contributed by atoms with Gasteiger partial charge in [-0.3, -0.25) is 14.7 Å². The largest absolute Gasteiger partial charge is 0.375 e. The van der Waals surface area contributed by atoms with Crippen LogP contribution in [0.2, 0.25) is 0 Å². The number of anilines is 1. The molecule has 1 amide bonds. The molecule has 32 heavy (non-hydrogen) atoms. The van der Waals surface area contributed by atoms with Crippen LogP contribution in [-0.2, 0) is 4.74 Å². The number of piperidine rings is 1. The first-order valence-corrected chi connectivity index (χ1v) is 12.0. The van der Waals surface area contributed by atoms with Crippen molar-refractivity contribution in [2.75, 3.05) is 50.8 Å². The van der Waals surface area contributed by atoms with E-state index in [9.17, 15) is 4.79 Å². The second kappa shape index (κ2) is 9.20. The molecule has 1 aromatic carbocycles. The quantitative estimate of drug-likeness (QED) is 0.741. The van der Waals surface area contributed by atoms with E-state index in [4.69, 9.17) is 4.74 Å². The number of hydrogen-bond acceptors (Lipinski definition) is 5. The molecule has 1 aromatic heterocycles. The number of pyridine rings is 1. The lowest BCUT2D eigenvalue weighted by molar-refractivity contribution is -0.130. The number of para-hydroxylation sites is 1. The van der Waals surface area contributed by atoms with Gasteiger partial charge in [-0.05, 0) is 56.4 Å². The lowest BCUT2D eigenvalue weighted by Gasteiger charge is -2.50. The topological polar surface area (TPSA) is 48.9 Å². The maximum atomic E-state index is 13.0. The van der Waals surface area contributed by atoms with E-state index in [1.165, 1.54) is 5.69 Å². The van der Waals surface area contributed by atoms with Crippen molar-refractivity contribution in [3.05, 3.63) is 59.9 Å². The Labute approximate surface area is 191 Å². The summed E-state index contributed by atoms with van der Waals surface area (Å²) >= 11 is 0. The summed E-state index contributed by atoms with van der Waals surface area (Å²) in [6, 6.07) is 13.2. The van der Waals surface area contributed by atoms with Crippen molar-refractivity contribution in [2.45, 2.75) is 44.2 Å². The Morgan fingerprint density at radius 3 is 2.50 bits per heavy atom. The fraction of sp³-hybridized carbons (Fsp3) is 0.538. The molecule has 4 heterocycles.